The summed E-state index contributed by atoms with van der Waals surface area (Å²) < 4.78 is 26.7. The zero-order valence-electron chi connectivity index (χ0n) is 10.2. The molecular formula is C15H9F2NOS. The van der Waals surface area contributed by atoms with Crippen LogP contribution < -0.4 is 5.32 Å². The Morgan fingerprint density at radius 2 is 1.90 bits per heavy atom. The van der Waals surface area contributed by atoms with Crippen LogP contribution in [0.5, 0.6) is 0 Å². The Morgan fingerprint density at radius 1 is 1.10 bits per heavy atom. The molecule has 0 atom stereocenters. The van der Waals surface area contributed by atoms with Gasteiger partial charge in [-0.15, -0.1) is 0 Å². The van der Waals surface area contributed by atoms with E-state index in [1.165, 1.54) is 17.8 Å². The molecule has 1 aliphatic heterocycles. The number of rotatable bonds is 1. The zero-order valence-corrected chi connectivity index (χ0v) is 11.0. The topological polar surface area (TPSA) is 29.1 Å². The Labute approximate surface area is 118 Å². The molecule has 1 N–H and O–H groups in total. The lowest BCUT2D eigenvalue weighted by atomic mass is 10.2. The third kappa shape index (κ3) is 2.44. The van der Waals surface area contributed by atoms with Gasteiger partial charge in [0.25, 0.3) is 5.91 Å². The van der Waals surface area contributed by atoms with Crippen molar-refractivity contribution in [1.82, 2.24) is 0 Å². The van der Waals surface area contributed by atoms with E-state index in [-0.39, 0.29) is 11.5 Å². The highest BCUT2D eigenvalue weighted by Gasteiger charge is 2.20. The number of thioether (sulfide) groups is 1. The van der Waals surface area contributed by atoms with Crippen LogP contribution in [0.2, 0.25) is 0 Å². The SMILES string of the molecule is O=C1Nc2ccccc2SC1=Cc1cc(F)ccc1F. The van der Waals surface area contributed by atoms with Crippen LogP contribution in [-0.4, -0.2) is 5.91 Å². The van der Waals surface area contributed by atoms with Gasteiger partial charge in [-0.05, 0) is 36.4 Å². The monoisotopic (exact) mass is 289 g/mol. The molecule has 1 amide bonds. The molecule has 2 aromatic rings. The van der Waals surface area contributed by atoms with Crippen molar-refractivity contribution in [2.24, 2.45) is 0 Å². The van der Waals surface area contributed by atoms with E-state index in [2.05, 4.69) is 5.32 Å². The van der Waals surface area contributed by atoms with E-state index in [1.807, 2.05) is 18.2 Å². The first kappa shape index (κ1) is 12.9. The smallest absolute Gasteiger partial charge is 0.262 e. The number of hydrogen-bond donors (Lipinski definition) is 1. The van der Waals surface area contributed by atoms with E-state index in [9.17, 15) is 13.6 Å². The van der Waals surface area contributed by atoms with Crippen LogP contribution in [0.25, 0.3) is 6.08 Å². The zero-order chi connectivity index (χ0) is 14.1. The fraction of sp³-hybridized carbons (Fsp3) is 0. The molecular weight excluding hydrogens is 280 g/mol. The average Bonchev–Trinajstić information content (AvgIpc) is 2.43. The van der Waals surface area contributed by atoms with E-state index < -0.39 is 11.6 Å². The summed E-state index contributed by atoms with van der Waals surface area (Å²) in [7, 11) is 0. The first-order valence-electron chi connectivity index (χ1n) is 5.88. The van der Waals surface area contributed by atoms with Crippen LogP contribution in [0, 0.1) is 11.6 Å². The highest BCUT2D eigenvalue weighted by Crippen LogP contribution is 2.38. The van der Waals surface area contributed by atoms with Gasteiger partial charge in [-0.2, -0.15) is 0 Å². The predicted octanol–water partition coefficient (Wildman–Crippen LogP) is 4.05. The van der Waals surface area contributed by atoms with Crippen molar-refractivity contribution in [3.8, 4) is 0 Å². The predicted molar refractivity (Wildman–Crippen MR) is 75.3 cm³/mol. The molecule has 2 aromatic carbocycles. The van der Waals surface area contributed by atoms with Gasteiger partial charge in [0.05, 0.1) is 10.6 Å². The quantitative estimate of drug-likeness (QED) is 0.802. The molecule has 0 unspecified atom stereocenters. The Balaban J connectivity index is 2.01. The number of halogens is 2. The molecule has 0 bridgehead atoms. The van der Waals surface area contributed by atoms with E-state index in [4.69, 9.17) is 0 Å². The van der Waals surface area contributed by atoms with Gasteiger partial charge < -0.3 is 5.32 Å². The molecule has 3 rings (SSSR count). The largest absolute Gasteiger partial charge is 0.320 e. The van der Waals surface area contributed by atoms with Gasteiger partial charge in [0.1, 0.15) is 11.6 Å². The molecule has 1 heterocycles. The lowest BCUT2D eigenvalue weighted by Gasteiger charge is -2.18. The second kappa shape index (κ2) is 5.09. The summed E-state index contributed by atoms with van der Waals surface area (Å²) in [6.45, 7) is 0. The molecule has 0 radical (unpaired) electrons. The molecule has 0 aliphatic carbocycles. The number of amides is 1. The van der Waals surface area contributed by atoms with Crippen LogP contribution in [0.4, 0.5) is 14.5 Å². The third-order valence-electron chi connectivity index (χ3n) is 2.82. The number of nitrogens with one attached hydrogen (secondary N) is 1. The van der Waals surface area contributed by atoms with Crippen LogP contribution in [0.1, 0.15) is 5.56 Å². The first-order chi connectivity index (χ1) is 9.63. The molecule has 20 heavy (non-hydrogen) atoms. The second-order valence-electron chi connectivity index (χ2n) is 4.23. The van der Waals surface area contributed by atoms with Crippen LogP contribution in [0.3, 0.4) is 0 Å². The van der Waals surface area contributed by atoms with Crippen molar-refractivity contribution in [2.75, 3.05) is 5.32 Å². The lowest BCUT2D eigenvalue weighted by Crippen LogP contribution is -2.17. The van der Waals surface area contributed by atoms with Gasteiger partial charge in [0.2, 0.25) is 0 Å². The average molecular weight is 289 g/mol. The summed E-state index contributed by atoms with van der Waals surface area (Å²) in [6, 6.07) is 10.5. The van der Waals surface area contributed by atoms with Crippen molar-refractivity contribution in [3.05, 3.63) is 64.6 Å². The molecule has 0 spiro atoms. The maximum Gasteiger partial charge on any atom is 0.262 e. The number of hydrogen-bond acceptors (Lipinski definition) is 2. The fourth-order valence-corrected chi connectivity index (χ4v) is 2.81. The van der Waals surface area contributed by atoms with Gasteiger partial charge in [0, 0.05) is 10.5 Å². The van der Waals surface area contributed by atoms with Crippen molar-refractivity contribution < 1.29 is 13.6 Å². The number of para-hydroxylation sites is 1. The minimum absolute atomic E-state index is 0.0574. The molecule has 100 valence electrons. The van der Waals surface area contributed by atoms with Crippen molar-refractivity contribution in [2.45, 2.75) is 4.90 Å². The van der Waals surface area contributed by atoms with Crippen molar-refractivity contribution in [1.29, 1.82) is 0 Å². The highest BCUT2D eigenvalue weighted by molar-refractivity contribution is 8.04. The second-order valence-corrected chi connectivity index (χ2v) is 5.31. The van der Waals surface area contributed by atoms with Crippen LogP contribution in [0.15, 0.2) is 52.3 Å². The van der Waals surface area contributed by atoms with Gasteiger partial charge in [-0.25, -0.2) is 8.78 Å². The minimum atomic E-state index is -0.564. The van der Waals surface area contributed by atoms with Gasteiger partial charge in [0.15, 0.2) is 0 Å². The van der Waals surface area contributed by atoms with Crippen LogP contribution >= 0.6 is 11.8 Å². The van der Waals surface area contributed by atoms with E-state index in [0.717, 1.165) is 28.8 Å². The normalized spacial score (nSPS) is 15.9. The van der Waals surface area contributed by atoms with Crippen molar-refractivity contribution in [3.63, 3.8) is 0 Å². The number of anilines is 1. The standard InChI is InChI=1S/C15H9F2NOS/c16-10-5-6-11(17)9(7-10)8-14-15(19)18-12-3-1-2-4-13(12)20-14/h1-8H,(H,18,19). The lowest BCUT2D eigenvalue weighted by molar-refractivity contribution is -0.112. The summed E-state index contributed by atoms with van der Waals surface area (Å²) >= 11 is 1.23. The van der Waals surface area contributed by atoms with Gasteiger partial charge in [-0.3, -0.25) is 4.79 Å². The molecule has 2 nitrogen and oxygen atoms in total. The first-order valence-corrected chi connectivity index (χ1v) is 6.70. The van der Waals surface area contributed by atoms with Crippen LogP contribution in [-0.2, 0) is 4.79 Å². The molecule has 0 saturated carbocycles. The van der Waals surface area contributed by atoms with Crippen molar-refractivity contribution >= 4 is 29.4 Å². The summed E-state index contributed by atoms with van der Waals surface area (Å²) in [5, 5.41) is 2.72. The summed E-state index contributed by atoms with van der Waals surface area (Å²) in [5.41, 5.74) is 0.779. The molecule has 0 aromatic heterocycles. The summed E-state index contributed by atoms with van der Waals surface area (Å²) in [5.74, 6) is -1.43. The third-order valence-corrected chi connectivity index (χ3v) is 3.92. The number of carbonyl (C=O) groups is 1. The molecule has 0 saturated heterocycles. The summed E-state index contributed by atoms with van der Waals surface area (Å²) in [6.07, 6.45) is 1.36. The van der Waals surface area contributed by atoms with Gasteiger partial charge >= 0.3 is 0 Å². The Bertz CT molecular complexity index is 728. The maximum absolute atomic E-state index is 13.6. The number of fused-ring (bicyclic) bond motifs is 1. The fourth-order valence-electron chi connectivity index (χ4n) is 1.87. The van der Waals surface area contributed by atoms with E-state index in [0.29, 0.717) is 4.91 Å². The number of carbonyl (C=O) groups excluding carboxylic acids is 1. The van der Waals surface area contributed by atoms with E-state index >= 15 is 0 Å². The minimum Gasteiger partial charge on any atom is -0.320 e. The highest BCUT2D eigenvalue weighted by atomic mass is 32.2. The molecule has 5 heteroatoms. The molecule has 1 aliphatic rings. The van der Waals surface area contributed by atoms with E-state index in [1.54, 1.807) is 6.07 Å². The summed E-state index contributed by atoms with van der Waals surface area (Å²) in [4.78, 5) is 13.1. The Hall–Kier alpha value is -2.14. The Morgan fingerprint density at radius 3 is 2.75 bits per heavy atom. The van der Waals surface area contributed by atoms with Gasteiger partial charge in [-0.1, -0.05) is 23.9 Å². The molecule has 0 fully saturated rings. The number of benzene rings is 2. The Kier molecular flexibility index (Phi) is 3.28. The maximum atomic E-state index is 13.6.